The molecule has 0 bridgehead atoms. The molecule has 1 aromatic carbocycles. The molecule has 2 aromatic rings. The Kier molecular flexibility index (Phi) is 5.58. The van der Waals surface area contributed by atoms with Crippen LogP contribution in [-0.4, -0.2) is 53.3 Å². The van der Waals surface area contributed by atoms with Gasteiger partial charge >= 0.3 is 6.03 Å². The van der Waals surface area contributed by atoms with Crippen LogP contribution in [0.25, 0.3) is 11.0 Å². The minimum absolute atomic E-state index is 0.00638. The van der Waals surface area contributed by atoms with Crippen LogP contribution in [0.15, 0.2) is 24.3 Å². The molecule has 1 N–H and O–H groups in total. The third-order valence-corrected chi connectivity index (χ3v) is 5.15. The van der Waals surface area contributed by atoms with Crippen molar-refractivity contribution >= 4 is 17.1 Å². The highest BCUT2D eigenvalue weighted by Crippen LogP contribution is 2.19. The molecule has 136 valence electrons. The third kappa shape index (κ3) is 3.79. The van der Waals surface area contributed by atoms with Gasteiger partial charge in [0.1, 0.15) is 5.82 Å². The highest BCUT2D eigenvalue weighted by Gasteiger charge is 2.28. The molecule has 1 aliphatic heterocycles. The number of rotatable bonds is 5. The maximum atomic E-state index is 12.4. The van der Waals surface area contributed by atoms with Crippen LogP contribution in [0.4, 0.5) is 4.79 Å². The minimum atomic E-state index is -0.00638. The molecule has 2 amide bonds. The minimum Gasteiger partial charge on any atom is -0.379 e. The molecule has 25 heavy (non-hydrogen) atoms. The Bertz CT molecular complexity index is 727. The number of aromatic nitrogens is 2. The molecule has 6 heteroatoms. The van der Waals surface area contributed by atoms with Gasteiger partial charge in [-0.3, -0.25) is 0 Å². The van der Waals surface area contributed by atoms with Gasteiger partial charge in [-0.25, -0.2) is 9.78 Å². The van der Waals surface area contributed by atoms with E-state index in [1.165, 1.54) is 0 Å². The number of benzene rings is 1. The van der Waals surface area contributed by atoms with E-state index in [0.29, 0.717) is 19.0 Å². The third-order valence-electron chi connectivity index (χ3n) is 5.15. The molecule has 0 saturated carbocycles. The van der Waals surface area contributed by atoms with Gasteiger partial charge < -0.3 is 19.5 Å². The number of nitrogens with one attached hydrogen (secondary N) is 1. The van der Waals surface area contributed by atoms with Crippen molar-refractivity contribution in [2.75, 3.05) is 26.7 Å². The summed E-state index contributed by atoms with van der Waals surface area (Å²) in [6.07, 6.45) is 1.84. The van der Waals surface area contributed by atoms with Gasteiger partial charge in [-0.2, -0.15) is 0 Å². The van der Waals surface area contributed by atoms with Crippen LogP contribution in [0.1, 0.15) is 26.1 Å². The van der Waals surface area contributed by atoms with Crippen molar-refractivity contribution in [2.45, 2.75) is 39.3 Å². The van der Waals surface area contributed by atoms with E-state index in [2.05, 4.69) is 29.8 Å². The lowest BCUT2D eigenvalue weighted by atomic mass is 9.96. The summed E-state index contributed by atoms with van der Waals surface area (Å²) < 4.78 is 7.70. The van der Waals surface area contributed by atoms with E-state index in [-0.39, 0.29) is 12.1 Å². The lowest BCUT2D eigenvalue weighted by molar-refractivity contribution is 0.00721. The van der Waals surface area contributed by atoms with E-state index in [1.54, 1.807) is 7.11 Å². The Hall–Kier alpha value is -2.08. The van der Waals surface area contributed by atoms with Gasteiger partial charge in [0, 0.05) is 39.7 Å². The topological polar surface area (TPSA) is 59.4 Å². The van der Waals surface area contributed by atoms with E-state index in [1.807, 2.05) is 23.1 Å². The predicted octanol–water partition coefficient (Wildman–Crippen LogP) is 2.67. The van der Waals surface area contributed by atoms with Gasteiger partial charge in [-0.15, -0.1) is 0 Å². The van der Waals surface area contributed by atoms with E-state index in [0.717, 1.165) is 42.8 Å². The Balaban J connectivity index is 1.57. The number of fused-ring (bicyclic) bond motifs is 1. The van der Waals surface area contributed by atoms with Gasteiger partial charge in [0.2, 0.25) is 0 Å². The summed E-state index contributed by atoms with van der Waals surface area (Å²) in [5.41, 5.74) is 2.16. The van der Waals surface area contributed by atoms with Gasteiger partial charge in [0.15, 0.2) is 0 Å². The van der Waals surface area contributed by atoms with Crippen molar-refractivity contribution in [1.82, 2.24) is 19.8 Å². The highest BCUT2D eigenvalue weighted by atomic mass is 16.5. The largest absolute Gasteiger partial charge is 0.379 e. The standard InChI is InChI=1S/C19H28N4O2/c1-4-23-16-8-6-5-7-15(16)21-18(23)9-11-20-19(24)22-12-10-14(2)17(13-22)25-3/h5-8,14,17H,4,9-13H2,1-3H3,(H,20,24)/t14-,17+/m0/s1. The summed E-state index contributed by atoms with van der Waals surface area (Å²) in [6.45, 7) is 7.22. The van der Waals surface area contributed by atoms with Crippen LogP contribution in [0.3, 0.4) is 0 Å². The number of amides is 2. The molecule has 1 aliphatic rings. The van der Waals surface area contributed by atoms with Crippen LogP contribution < -0.4 is 5.32 Å². The first kappa shape index (κ1) is 17.7. The van der Waals surface area contributed by atoms with Gasteiger partial charge in [0.25, 0.3) is 0 Å². The summed E-state index contributed by atoms with van der Waals surface area (Å²) in [5, 5.41) is 3.03. The number of hydrogen-bond acceptors (Lipinski definition) is 3. The normalized spacial score (nSPS) is 20.8. The second-order valence-electron chi connectivity index (χ2n) is 6.73. The van der Waals surface area contributed by atoms with Gasteiger partial charge in [0.05, 0.1) is 17.1 Å². The lowest BCUT2D eigenvalue weighted by Gasteiger charge is -2.36. The fourth-order valence-electron chi connectivity index (χ4n) is 3.59. The zero-order chi connectivity index (χ0) is 17.8. The average molecular weight is 344 g/mol. The fraction of sp³-hybridized carbons (Fsp3) is 0.579. The first-order valence-electron chi connectivity index (χ1n) is 9.13. The molecule has 3 rings (SSSR count). The second kappa shape index (κ2) is 7.87. The maximum absolute atomic E-state index is 12.4. The van der Waals surface area contributed by atoms with Gasteiger partial charge in [-0.05, 0) is 31.4 Å². The average Bonchev–Trinajstić information content (AvgIpc) is 2.99. The molecular formula is C19H28N4O2. The van der Waals surface area contributed by atoms with Crippen molar-refractivity contribution < 1.29 is 9.53 Å². The molecule has 6 nitrogen and oxygen atoms in total. The molecule has 2 atom stereocenters. The van der Waals surface area contributed by atoms with Crippen LogP contribution in [-0.2, 0) is 17.7 Å². The smallest absolute Gasteiger partial charge is 0.317 e. The van der Waals surface area contributed by atoms with E-state index < -0.39 is 0 Å². The zero-order valence-electron chi connectivity index (χ0n) is 15.4. The molecule has 1 fully saturated rings. The van der Waals surface area contributed by atoms with Crippen molar-refractivity contribution in [3.63, 3.8) is 0 Å². The SMILES string of the molecule is CCn1c(CCNC(=O)N2CC[C@H](C)[C@H](OC)C2)nc2ccccc21. The molecule has 0 unspecified atom stereocenters. The second-order valence-corrected chi connectivity index (χ2v) is 6.73. The van der Waals surface area contributed by atoms with Crippen LogP contribution in [0, 0.1) is 5.92 Å². The quantitative estimate of drug-likeness (QED) is 0.907. The van der Waals surface area contributed by atoms with Crippen molar-refractivity contribution in [2.24, 2.45) is 5.92 Å². The molecule has 0 spiro atoms. The number of nitrogens with zero attached hydrogens (tertiary/aromatic N) is 3. The molecule has 0 radical (unpaired) electrons. The molecule has 2 heterocycles. The van der Waals surface area contributed by atoms with Crippen molar-refractivity contribution in [1.29, 1.82) is 0 Å². The number of methoxy groups -OCH3 is 1. The van der Waals surface area contributed by atoms with Crippen LogP contribution in [0.5, 0.6) is 0 Å². The first-order chi connectivity index (χ1) is 12.1. The van der Waals surface area contributed by atoms with E-state index >= 15 is 0 Å². The summed E-state index contributed by atoms with van der Waals surface area (Å²) in [6, 6.07) is 8.15. The maximum Gasteiger partial charge on any atom is 0.317 e. The molecule has 1 saturated heterocycles. The van der Waals surface area contributed by atoms with E-state index in [9.17, 15) is 4.79 Å². The highest BCUT2D eigenvalue weighted by molar-refractivity contribution is 5.76. The monoisotopic (exact) mass is 344 g/mol. The van der Waals surface area contributed by atoms with Crippen molar-refractivity contribution in [3.8, 4) is 0 Å². The van der Waals surface area contributed by atoms with E-state index in [4.69, 9.17) is 9.72 Å². The number of hydrogen-bond donors (Lipinski definition) is 1. The predicted molar refractivity (Wildman–Crippen MR) is 98.7 cm³/mol. The number of ether oxygens (including phenoxy) is 1. The lowest BCUT2D eigenvalue weighted by Crippen LogP contribution is -2.50. The summed E-state index contributed by atoms with van der Waals surface area (Å²) in [4.78, 5) is 19.0. The zero-order valence-corrected chi connectivity index (χ0v) is 15.4. The summed E-state index contributed by atoms with van der Waals surface area (Å²) in [7, 11) is 1.72. The number of likely N-dealkylation sites (tertiary alicyclic amines) is 1. The number of aryl methyl sites for hydroxylation is 1. The number of carbonyl (C=O) groups is 1. The van der Waals surface area contributed by atoms with Crippen molar-refractivity contribution in [3.05, 3.63) is 30.1 Å². The Labute approximate surface area is 149 Å². The Morgan fingerprint density at radius 1 is 1.40 bits per heavy atom. The molecular weight excluding hydrogens is 316 g/mol. The summed E-state index contributed by atoms with van der Waals surface area (Å²) >= 11 is 0. The molecule has 0 aliphatic carbocycles. The van der Waals surface area contributed by atoms with Crippen LogP contribution >= 0.6 is 0 Å². The number of para-hydroxylation sites is 2. The first-order valence-corrected chi connectivity index (χ1v) is 9.13. The Morgan fingerprint density at radius 2 is 2.20 bits per heavy atom. The number of piperidine rings is 1. The number of imidazole rings is 1. The number of urea groups is 1. The van der Waals surface area contributed by atoms with Crippen LogP contribution in [0.2, 0.25) is 0 Å². The fourth-order valence-corrected chi connectivity index (χ4v) is 3.59. The summed E-state index contributed by atoms with van der Waals surface area (Å²) in [5.74, 6) is 1.52. The Morgan fingerprint density at radius 3 is 2.96 bits per heavy atom. The molecule has 1 aromatic heterocycles. The number of carbonyl (C=O) groups excluding carboxylic acids is 1. The van der Waals surface area contributed by atoms with Gasteiger partial charge in [-0.1, -0.05) is 19.1 Å².